The maximum Gasteiger partial charge on any atom is 0.323 e. The Morgan fingerprint density at radius 1 is 0.568 bits per heavy atom. The normalized spacial score (nSPS) is 11.6. The Morgan fingerprint density at radius 2 is 1.03 bits per heavy atom. The van der Waals surface area contributed by atoms with Crippen LogP contribution in [-0.4, -0.2) is 50.0 Å². The number of ether oxygens (including phenoxy) is 2. The van der Waals surface area contributed by atoms with Crippen LogP contribution in [0.5, 0.6) is 0 Å². The number of esters is 2. The number of unbranched alkanes of at least 4 members (excludes halogenated alkanes) is 13. The van der Waals surface area contributed by atoms with Crippen molar-refractivity contribution in [3.63, 3.8) is 0 Å². The van der Waals surface area contributed by atoms with Crippen LogP contribution in [0.3, 0.4) is 0 Å². The van der Waals surface area contributed by atoms with Crippen molar-refractivity contribution in [2.24, 2.45) is 5.41 Å². The van der Waals surface area contributed by atoms with Crippen LogP contribution in [0.15, 0.2) is 0 Å². The van der Waals surface area contributed by atoms with E-state index in [2.05, 4.69) is 19.2 Å². The molecule has 220 valence electrons. The standard InChI is InChI=1S/C31H61NO5/c1-4-7-9-11-15-19-27-36-29(34)31(22-6-3,23-17-13-14-18-24-32-25-21-26-33)30(35)37-28-20-16-12-10-8-5-2/h32-33H,4-28H2,1-3H3. The second-order valence-electron chi connectivity index (χ2n) is 10.6. The van der Waals surface area contributed by atoms with Gasteiger partial charge in [-0.1, -0.05) is 111 Å². The van der Waals surface area contributed by atoms with Crippen LogP contribution < -0.4 is 5.32 Å². The van der Waals surface area contributed by atoms with Crippen LogP contribution in [0.2, 0.25) is 0 Å². The average Bonchev–Trinajstić information content (AvgIpc) is 2.90. The van der Waals surface area contributed by atoms with Crippen molar-refractivity contribution in [3.8, 4) is 0 Å². The first-order chi connectivity index (χ1) is 18.1. The Morgan fingerprint density at radius 3 is 1.54 bits per heavy atom. The number of hydrogen-bond acceptors (Lipinski definition) is 6. The molecule has 0 aromatic rings. The summed E-state index contributed by atoms with van der Waals surface area (Å²) in [5.74, 6) is -0.747. The highest BCUT2D eigenvalue weighted by atomic mass is 16.6. The summed E-state index contributed by atoms with van der Waals surface area (Å²) >= 11 is 0. The van der Waals surface area contributed by atoms with E-state index < -0.39 is 5.41 Å². The van der Waals surface area contributed by atoms with Gasteiger partial charge in [0.25, 0.3) is 0 Å². The predicted octanol–water partition coefficient (Wildman–Crippen LogP) is 7.50. The molecule has 6 nitrogen and oxygen atoms in total. The molecule has 0 spiro atoms. The minimum Gasteiger partial charge on any atom is -0.465 e. The molecular weight excluding hydrogens is 466 g/mol. The van der Waals surface area contributed by atoms with Crippen LogP contribution in [0.4, 0.5) is 0 Å². The molecule has 0 aliphatic carbocycles. The number of hydrogen-bond donors (Lipinski definition) is 2. The number of aliphatic hydroxyl groups is 1. The van der Waals surface area contributed by atoms with Gasteiger partial charge in [-0.05, 0) is 51.6 Å². The fourth-order valence-corrected chi connectivity index (χ4v) is 4.77. The van der Waals surface area contributed by atoms with Crippen molar-refractivity contribution in [1.82, 2.24) is 5.32 Å². The number of carbonyl (C=O) groups excluding carboxylic acids is 2. The summed E-state index contributed by atoms with van der Waals surface area (Å²) in [5, 5.41) is 12.2. The van der Waals surface area contributed by atoms with E-state index >= 15 is 0 Å². The Labute approximate surface area is 229 Å². The van der Waals surface area contributed by atoms with Gasteiger partial charge >= 0.3 is 11.9 Å². The van der Waals surface area contributed by atoms with Crippen LogP contribution in [-0.2, 0) is 19.1 Å². The molecule has 0 bridgehead atoms. The molecule has 0 atom stereocenters. The smallest absolute Gasteiger partial charge is 0.323 e. The largest absolute Gasteiger partial charge is 0.465 e. The summed E-state index contributed by atoms with van der Waals surface area (Å²) in [4.78, 5) is 26.7. The molecule has 0 saturated carbocycles. The average molecular weight is 528 g/mol. The molecule has 0 aromatic heterocycles. The molecular formula is C31H61NO5. The maximum atomic E-state index is 13.4. The lowest BCUT2D eigenvalue weighted by atomic mass is 9.78. The van der Waals surface area contributed by atoms with Gasteiger partial charge in [-0.2, -0.15) is 0 Å². The summed E-state index contributed by atoms with van der Waals surface area (Å²) in [5.41, 5.74) is -1.17. The topological polar surface area (TPSA) is 84.9 Å². The molecule has 0 heterocycles. The van der Waals surface area contributed by atoms with Gasteiger partial charge in [0.2, 0.25) is 0 Å². The van der Waals surface area contributed by atoms with Gasteiger partial charge in [0.1, 0.15) is 0 Å². The SMILES string of the molecule is CCCCCCCCOC(=O)C(CCC)(CCCCCCNCCCO)C(=O)OCCCCCCCC. The Bertz CT molecular complexity index is 496. The third-order valence-corrected chi connectivity index (χ3v) is 7.14. The van der Waals surface area contributed by atoms with Gasteiger partial charge in [0, 0.05) is 6.61 Å². The zero-order valence-electron chi connectivity index (χ0n) is 24.8. The van der Waals surface area contributed by atoms with Crippen molar-refractivity contribution < 1.29 is 24.2 Å². The fourth-order valence-electron chi connectivity index (χ4n) is 4.77. The molecule has 0 fully saturated rings. The van der Waals surface area contributed by atoms with Crippen LogP contribution >= 0.6 is 0 Å². The molecule has 0 amide bonds. The third kappa shape index (κ3) is 18.7. The van der Waals surface area contributed by atoms with Crippen LogP contribution in [0.25, 0.3) is 0 Å². The number of aliphatic hydroxyl groups excluding tert-OH is 1. The first-order valence-corrected chi connectivity index (χ1v) is 15.7. The second-order valence-corrected chi connectivity index (χ2v) is 10.6. The summed E-state index contributed by atoms with van der Waals surface area (Å²) in [6, 6.07) is 0. The molecule has 37 heavy (non-hydrogen) atoms. The lowest BCUT2D eigenvalue weighted by molar-refractivity contribution is -0.174. The highest BCUT2D eigenvalue weighted by molar-refractivity contribution is 6.00. The van der Waals surface area contributed by atoms with E-state index in [9.17, 15) is 9.59 Å². The lowest BCUT2D eigenvalue weighted by Gasteiger charge is -2.29. The Balaban J connectivity index is 4.81. The van der Waals surface area contributed by atoms with Gasteiger partial charge in [0.15, 0.2) is 5.41 Å². The van der Waals surface area contributed by atoms with Crippen molar-refractivity contribution >= 4 is 11.9 Å². The van der Waals surface area contributed by atoms with Gasteiger partial charge < -0.3 is 19.9 Å². The summed E-state index contributed by atoms with van der Waals surface area (Å²) in [6.07, 6.45) is 20.0. The van der Waals surface area contributed by atoms with E-state index in [0.717, 1.165) is 77.3 Å². The number of nitrogens with one attached hydrogen (secondary N) is 1. The van der Waals surface area contributed by atoms with Crippen LogP contribution in [0, 0.1) is 5.41 Å². The molecule has 2 N–H and O–H groups in total. The van der Waals surface area contributed by atoms with Gasteiger partial charge in [-0.3, -0.25) is 9.59 Å². The van der Waals surface area contributed by atoms with Crippen molar-refractivity contribution in [1.29, 1.82) is 0 Å². The third-order valence-electron chi connectivity index (χ3n) is 7.14. The summed E-state index contributed by atoms with van der Waals surface area (Å²) in [6.45, 7) is 9.20. The quantitative estimate of drug-likeness (QED) is 0.0622. The second kappa shape index (κ2) is 26.5. The highest BCUT2D eigenvalue weighted by Crippen LogP contribution is 2.34. The lowest BCUT2D eigenvalue weighted by Crippen LogP contribution is -2.42. The molecule has 0 rings (SSSR count). The molecule has 0 aliphatic heterocycles. The van der Waals surface area contributed by atoms with Gasteiger partial charge in [0.05, 0.1) is 13.2 Å². The molecule has 0 aliphatic rings. The number of rotatable bonds is 28. The van der Waals surface area contributed by atoms with E-state index in [1.807, 2.05) is 6.92 Å². The monoisotopic (exact) mass is 527 g/mol. The van der Waals surface area contributed by atoms with E-state index in [4.69, 9.17) is 14.6 Å². The number of carbonyl (C=O) groups is 2. The van der Waals surface area contributed by atoms with Gasteiger partial charge in [-0.15, -0.1) is 0 Å². The summed E-state index contributed by atoms with van der Waals surface area (Å²) in [7, 11) is 0. The van der Waals surface area contributed by atoms with E-state index in [0.29, 0.717) is 26.1 Å². The predicted molar refractivity (Wildman–Crippen MR) is 154 cm³/mol. The maximum absolute atomic E-state index is 13.4. The fraction of sp³-hybridized carbons (Fsp3) is 0.935. The zero-order chi connectivity index (χ0) is 27.5. The minimum absolute atomic E-state index is 0.219. The molecule has 0 unspecified atom stereocenters. The molecule has 6 heteroatoms. The van der Waals surface area contributed by atoms with E-state index in [-0.39, 0.29) is 18.5 Å². The van der Waals surface area contributed by atoms with Gasteiger partial charge in [-0.25, -0.2) is 0 Å². The van der Waals surface area contributed by atoms with E-state index in [1.165, 1.54) is 51.4 Å². The first kappa shape index (κ1) is 35.9. The molecule has 0 saturated heterocycles. The zero-order valence-corrected chi connectivity index (χ0v) is 24.8. The minimum atomic E-state index is -1.17. The molecule has 0 radical (unpaired) electrons. The Kier molecular flexibility index (Phi) is 25.7. The molecule has 0 aromatic carbocycles. The van der Waals surface area contributed by atoms with Crippen molar-refractivity contribution in [2.75, 3.05) is 32.9 Å². The Hall–Kier alpha value is -1.14. The van der Waals surface area contributed by atoms with Crippen LogP contribution in [0.1, 0.15) is 149 Å². The first-order valence-electron chi connectivity index (χ1n) is 15.7. The van der Waals surface area contributed by atoms with E-state index in [1.54, 1.807) is 0 Å². The summed E-state index contributed by atoms with van der Waals surface area (Å²) < 4.78 is 11.4. The highest BCUT2D eigenvalue weighted by Gasteiger charge is 2.47. The van der Waals surface area contributed by atoms with Crippen molar-refractivity contribution in [3.05, 3.63) is 0 Å². The van der Waals surface area contributed by atoms with Crippen molar-refractivity contribution in [2.45, 2.75) is 149 Å².